The van der Waals surface area contributed by atoms with Crippen molar-refractivity contribution < 1.29 is 14.3 Å². The second-order valence-electron chi connectivity index (χ2n) is 12.3. The lowest BCUT2D eigenvalue weighted by molar-refractivity contribution is -0.144. The third-order valence-corrected chi connectivity index (χ3v) is 7.65. The molecule has 3 rings (SSSR count). The van der Waals surface area contributed by atoms with Gasteiger partial charge in [0.05, 0.1) is 30.1 Å². The van der Waals surface area contributed by atoms with Gasteiger partial charge in [-0.3, -0.25) is 9.59 Å². The molecule has 9 nitrogen and oxygen atoms in total. The summed E-state index contributed by atoms with van der Waals surface area (Å²) in [6.45, 7) is 8.81. The van der Waals surface area contributed by atoms with Crippen LogP contribution in [0.15, 0.2) is 18.2 Å². The molecule has 0 spiro atoms. The molecule has 42 heavy (non-hydrogen) atoms. The molecule has 2 aromatic heterocycles. The molecule has 0 saturated heterocycles. The highest BCUT2D eigenvalue weighted by Crippen LogP contribution is 2.33. The first-order valence-electron chi connectivity index (χ1n) is 15.4. The van der Waals surface area contributed by atoms with Crippen molar-refractivity contribution in [2.45, 2.75) is 110 Å². The fraction of sp³-hybridized carbons (Fsp3) is 0.625. The number of fused-ring (bicyclic) bond motifs is 1. The zero-order chi connectivity index (χ0) is 30.7. The van der Waals surface area contributed by atoms with Gasteiger partial charge in [-0.2, -0.15) is 5.10 Å². The average molecular weight is 601 g/mol. The maximum atomic E-state index is 12.8. The first kappa shape index (κ1) is 33.4. The van der Waals surface area contributed by atoms with Gasteiger partial charge in [0.25, 0.3) is 0 Å². The number of rotatable bonds is 17. The fourth-order valence-electron chi connectivity index (χ4n) is 4.86. The Morgan fingerprint density at radius 2 is 1.62 bits per heavy atom. The summed E-state index contributed by atoms with van der Waals surface area (Å²) in [5, 5.41) is 12.6. The second-order valence-corrected chi connectivity index (χ2v) is 12.7. The van der Waals surface area contributed by atoms with Crippen molar-refractivity contribution in [1.29, 1.82) is 0 Å². The number of aromatic amines is 1. The number of nitrogens with one attached hydrogen (secondary N) is 2. The van der Waals surface area contributed by atoms with Gasteiger partial charge in [0, 0.05) is 31.5 Å². The number of esters is 1. The van der Waals surface area contributed by atoms with Gasteiger partial charge >= 0.3 is 5.97 Å². The number of benzene rings is 1. The summed E-state index contributed by atoms with van der Waals surface area (Å²) in [6, 6.07) is 5.69. The molecule has 0 bridgehead atoms. The van der Waals surface area contributed by atoms with E-state index in [1.165, 1.54) is 56.0 Å². The predicted molar refractivity (Wildman–Crippen MR) is 171 cm³/mol. The number of carbonyl (C=O) groups excluding carboxylic acids is 2. The van der Waals surface area contributed by atoms with Crippen molar-refractivity contribution in [2.75, 3.05) is 30.9 Å². The van der Waals surface area contributed by atoms with Crippen LogP contribution in [0.2, 0.25) is 5.02 Å². The number of H-pyrrole nitrogens is 1. The van der Waals surface area contributed by atoms with Crippen molar-refractivity contribution >= 4 is 40.5 Å². The Balaban J connectivity index is 1.47. The van der Waals surface area contributed by atoms with Gasteiger partial charge in [0.15, 0.2) is 11.5 Å². The lowest BCUT2D eigenvalue weighted by atomic mass is 9.92. The van der Waals surface area contributed by atoms with Crippen LogP contribution in [-0.4, -0.2) is 52.4 Å². The number of aromatic nitrogens is 4. The lowest BCUT2D eigenvalue weighted by Gasteiger charge is -2.19. The predicted octanol–water partition coefficient (Wildman–Crippen LogP) is 7.92. The number of nitrogens with zero attached hydrogens (tertiary/aromatic N) is 4. The van der Waals surface area contributed by atoms with Crippen LogP contribution in [-0.2, 0) is 19.7 Å². The second kappa shape index (κ2) is 16.0. The minimum atomic E-state index is -0.340. The number of anilines is 2. The Morgan fingerprint density at radius 3 is 2.21 bits per heavy atom. The van der Waals surface area contributed by atoms with Crippen LogP contribution < -0.4 is 10.2 Å². The first-order valence-corrected chi connectivity index (χ1v) is 15.8. The zero-order valence-electron chi connectivity index (χ0n) is 26.3. The van der Waals surface area contributed by atoms with Gasteiger partial charge in [-0.25, -0.2) is 0 Å². The maximum Gasteiger partial charge on any atom is 0.306 e. The van der Waals surface area contributed by atoms with E-state index in [2.05, 4.69) is 48.2 Å². The molecule has 3 aromatic rings. The SMILES string of the molecule is CCCCCCCCCCCCOC(=O)CCC(=O)Nc1cc(-c2nn3nc(C(C)(C)C)c(Cl)c3[nH]2)ccc1N(C)C. The number of amides is 1. The number of unbranched alkanes of at least 4 members (excludes halogenated alkanes) is 9. The minimum absolute atomic E-state index is 0.0462. The fourth-order valence-corrected chi connectivity index (χ4v) is 5.30. The van der Waals surface area contributed by atoms with Crippen molar-refractivity contribution in [1.82, 2.24) is 19.8 Å². The number of ether oxygens (including phenoxy) is 1. The summed E-state index contributed by atoms with van der Waals surface area (Å²) >= 11 is 6.60. The summed E-state index contributed by atoms with van der Waals surface area (Å²) in [5.41, 5.74) is 3.40. The minimum Gasteiger partial charge on any atom is -0.466 e. The van der Waals surface area contributed by atoms with Crippen molar-refractivity contribution in [2.24, 2.45) is 0 Å². The molecule has 232 valence electrons. The van der Waals surface area contributed by atoms with Crippen LogP contribution in [0, 0.1) is 0 Å². The van der Waals surface area contributed by atoms with E-state index >= 15 is 0 Å². The molecule has 1 aromatic carbocycles. The molecule has 1 amide bonds. The highest BCUT2D eigenvalue weighted by Gasteiger charge is 2.25. The maximum absolute atomic E-state index is 12.8. The molecular formula is C32H49ClN6O3. The number of halogens is 1. The summed E-state index contributed by atoms with van der Waals surface area (Å²) in [4.78, 5) is 30.2. The Morgan fingerprint density at radius 1 is 0.976 bits per heavy atom. The van der Waals surface area contributed by atoms with Crippen LogP contribution in [0.5, 0.6) is 0 Å². The van der Waals surface area contributed by atoms with Gasteiger partial charge in [0.2, 0.25) is 5.91 Å². The summed E-state index contributed by atoms with van der Waals surface area (Å²) < 4.78 is 6.87. The summed E-state index contributed by atoms with van der Waals surface area (Å²) in [5.74, 6) is -0.0115. The summed E-state index contributed by atoms with van der Waals surface area (Å²) in [7, 11) is 3.81. The molecule has 2 N–H and O–H groups in total. The van der Waals surface area contributed by atoms with E-state index in [0.29, 0.717) is 28.8 Å². The van der Waals surface area contributed by atoms with Crippen LogP contribution in [0.3, 0.4) is 0 Å². The van der Waals surface area contributed by atoms with E-state index in [0.717, 1.165) is 29.8 Å². The number of hydrogen-bond donors (Lipinski definition) is 2. The van der Waals surface area contributed by atoms with Crippen LogP contribution in [0.25, 0.3) is 17.0 Å². The number of carbonyl (C=O) groups is 2. The van der Waals surface area contributed by atoms with E-state index in [1.54, 1.807) is 0 Å². The lowest BCUT2D eigenvalue weighted by Crippen LogP contribution is -2.18. The Hall–Kier alpha value is -3.07. The molecule has 0 radical (unpaired) electrons. The Labute approximate surface area is 255 Å². The van der Waals surface area contributed by atoms with Gasteiger partial charge in [0.1, 0.15) is 5.02 Å². The number of hydrogen-bond acceptors (Lipinski definition) is 6. The molecule has 0 unspecified atom stereocenters. The molecule has 0 saturated carbocycles. The molecule has 10 heteroatoms. The largest absolute Gasteiger partial charge is 0.466 e. The van der Waals surface area contributed by atoms with E-state index in [1.807, 2.05) is 37.2 Å². The van der Waals surface area contributed by atoms with Gasteiger partial charge < -0.3 is 19.9 Å². The van der Waals surface area contributed by atoms with E-state index < -0.39 is 0 Å². The Kier molecular flexibility index (Phi) is 12.7. The average Bonchev–Trinajstić information content (AvgIpc) is 3.49. The molecule has 0 aliphatic carbocycles. The molecule has 0 atom stereocenters. The monoisotopic (exact) mass is 600 g/mol. The Bertz CT molecular complexity index is 1310. The first-order chi connectivity index (χ1) is 20.0. The van der Waals surface area contributed by atoms with E-state index in [-0.39, 0.29) is 30.1 Å². The summed E-state index contributed by atoms with van der Waals surface area (Å²) in [6.07, 6.45) is 12.4. The van der Waals surface area contributed by atoms with Crippen molar-refractivity contribution in [3.05, 3.63) is 28.9 Å². The van der Waals surface area contributed by atoms with Gasteiger partial charge in [-0.15, -0.1) is 9.73 Å². The van der Waals surface area contributed by atoms with Crippen molar-refractivity contribution in [3.63, 3.8) is 0 Å². The standard InChI is InChI=1S/C32H49ClN6O3/c1-7-8-9-10-11-12-13-14-15-16-21-42-27(41)20-19-26(40)34-24-22-23(17-18-25(24)38(5)6)30-35-31-28(33)29(32(2,3)4)36-39(31)37-30/h17-18,22H,7-16,19-21H2,1-6H3,(H,34,40)(H,35,37). The molecular weight excluding hydrogens is 552 g/mol. The quantitative estimate of drug-likeness (QED) is 0.120. The smallest absolute Gasteiger partial charge is 0.306 e. The third-order valence-electron chi connectivity index (χ3n) is 7.30. The van der Waals surface area contributed by atoms with E-state index in [4.69, 9.17) is 16.3 Å². The van der Waals surface area contributed by atoms with E-state index in [9.17, 15) is 9.59 Å². The highest BCUT2D eigenvalue weighted by molar-refractivity contribution is 6.34. The molecule has 2 heterocycles. The normalized spacial score (nSPS) is 11.7. The zero-order valence-corrected chi connectivity index (χ0v) is 27.1. The third kappa shape index (κ3) is 9.75. The van der Waals surface area contributed by atoms with Crippen molar-refractivity contribution in [3.8, 4) is 11.4 Å². The van der Waals surface area contributed by atoms with Crippen LogP contribution in [0.4, 0.5) is 11.4 Å². The topological polar surface area (TPSA) is 105 Å². The van der Waals surface area contributed by atoms with Crippen LogP contribution >= 0.6 is 11.6 Å². The molecule has 0 aliphatic rings. The molecule has 0 aliphatic heterocycles. The molecule has 0 fully saturated rings. The van der Waals surface area contributed by atoms with Crippen LogP contribution in [0.1, 0.15) is 110 Å². The van der Waals surface area contributed by atoms with Gasteiger partial charge in [-0.1, -0.05) is 97.1 Å². The van der Waals surface area contributed by atoms with Gasteiger partial charge in [-0.05, 0) is 24.6 Å². The highest BCUT2D eigenvalue weighted by atomic mass is 35.5.